The number of aryl methyl sites for hydroxylation is 1. The summed E-state index contributed by atoms with van der Waals surface area (Å²) in [6.45, 7) is 3.03. The lowest BCUT2D eigenvalue weighted by Crippen LogP contribution is -2.38. The Balaban J connectivity index is 1.55. The minimum Gasteiger partial charge on any atom is -0.370 e. The number of nitro benzene ring substituents is 1. The summed E-state index contributed by atoms with van der Waals surface area (Å²) in [5.41, 5.74) is 1.73. The van der Waals surface area contributed by atoms with Crippen molar-refractivity contribution in [1.29, 1.82) is 0 Å². The molecule has 0 spiro atoms. The number of non-ortho nitro benzene ring substituents is 1. The lowest BCUT2D eigenvalue weighted by atomic mass is 10.1. The zero-order chi connectivity index (χ0) is 24.5. The molecule has 0 saturated carbocycles. The van der Waals surface area contributed by atoms with Crippen LogP contribution in [0.5, 0.6) is 0 Å². The highest BCUT2D eigenvalue weighted by molar-refractivity contribution is 5.34. The quantitative estimate of drug-likeness (QED) is 0.251. The summed E-state index contributed by atoms with van der Waals surface area (Å²) in [7, 11) is 3.11. The number of nitro groups is 1. The summed E-state index contributed by atoms with van der Waals surface area (Å²) < 4.78 is 2.52. The number of nitrogens with one attached hydrogen (secondary N) is 1. The summed E-state index contributed by atoms with van der Waals surface area (Å²) in [6.07, 6.45) is 2.82. The van der Waals surface area contributed by atoms with Crippen LogP contribution in [-0.4, -0.2) is 38.6 Å². The number of anilines is 1. The Morgan fingerprint density at radius 3 is 2.29 bits per heavy atom. The second-order valence-electron chi connectivity index (χ2n) is 8.34. The molecule has 1 N–H and O–H groups in total. The Morgan fingerprint density at radius 2 is 1.62 bits per heavy atom. The molecule has 3 rings (SSSR count). The van der Waals surface area contributed by atoms with Crippen LogP contribution in [0, 0.1) is 10.1 Å². The van der Waals surface area contributed by atoms with Gasteiger partial charge in [0.1, 0.15) is 5.82 Å². The normalized spacial score (nSPS) is 11.0. The van der Waals surface area contributed by atoms with E-state index in [1.165, 1.54) is 23.2 Å². The van der Waals surface area contributed by atoms with Crippen LogP contribution in [0.1, 0.15) is 24.0 Å². The number of hydrogen-bond donors (Lipinski definition) is 1. The third-order valence-electron chi connectivity index (χ3n) is 5.85. The van der Waals surface area contributed by atoms with Crippen molar-refractivity contribution in [3.05, 3.63) is 103 Å². The predicted molar refractivity (Wildman–Crippen MR) is 133 cm³/mol. The van der Waals surface area contributed by atoms with Crippen LogP contribution in [-0.2, 0) is 27.1 Å². The second kappa shape index (κ2) is 11.9. The van der Waals surface area contributed by atoms with Gasteiger partial charge >= 0.3 is 5.69 Å². The van der Waals surface area contributed by atoms with E-state index in [0.29, 0.717) is 12.4 Å². The van der Waals surface area contributed by atoms with Crippen LogP contribution >= 0.6 is 0 Å². The maximum absolute atomic E-state index is 12.1. The van der Waals surface area contributed by atoms with Crippen molar-refractivity contribution in [2.24, 2.45) is 14.1 Å². The van der Waals surface area contributed by atoms with E-state index in [2.05, 4.69) is 22.3 Å². The van der Waals surface area contributed by atoms with Gasteiger partial charge in [-0.2, -0.15) is 0 Å². The fraction of sp³-hybridized carbons (Fsp3) is 0.360. The first-order chi connectivity index (χ1) is 16.3. The fourth-order valence-corrected chi connectivity index (χ4v) is 3.81. The molecule has 34 heavy (non-hydrogen) atoms. The summed E-state index contributed by atoms with van der Waals surface area (Å²) in [5.74, 6) is 0.505. The number of nitrogens with zero attached hydrogens (tertiary/aromatic N) is 4. The van der Waals surface area contributed by atoms with E-state index >= 15 is 0 Å². The third kappa shape index (κ3) is 6.89. The lowest BCUT2D eigenvalue weighted by Gasteiger charge is -2.23. The second-order valence-corrected chi connectivity index (χ2v) is 8.34. The molecule has 0 fully saturated rings. The molecule has 180 valence electrons. The van der Waals surface area contributed by atoms with Gasteiger partial charge in [-0.3, -0.25) is 28.9 Å². The van der Waals surface area contributed by atoms with Crippen molar-refractivity contribution >= 4 is 11.5 Å². The van der Waals surface area contributed by atoms with Crippen molar-refractivity contribution in [2.45, 2.75) is 25.8 Å². The number of aromatic nitrogens is 2. The molecule has 9 heteroatoms. The molecule has 0 radical (unpaired) electrons. The van der Waals surface area contributed by atoms with Gasteiger partial charge in [-0.05, 0) is 36.9 Å². The maximum Gasteiger partial charge on any atom is 0.332 e. The van der Waals surface area contributed by atoms with Gasteiger partial charge in [-0.25, -0.2) is 4.79 Å². The highest BCUT2D eigenvalue weighted by atomic mass is 16.6. The van der Waals surface area contributed by atoms with Crippen molar-refractivity contribution in [2.75, 3.05) is 25.0 Å². The predicted octanol–water partition coefficient (Wildman–Crippen LogP) is 2.93. The smallest absolute Gasteiger partial charge is 0.332 e. The van der Waals surface area contributed by atoms with Gasteiger partial charge in [0, 0.05) is 51.9 Å². The first-order valence-corrected chi connectivity index (χ1v) is 11.4. The fourth-order valence-electron chi connectivity index (χ4n) is 3.81. The molecule has 1 aromatic heterocycles. The number of rotatable bonds is 12. The Morgan fingerprint density at radius 1 is 0.912 bits per heavy atom. The lowest BCUT2D eigenvalue weighted by molar-refractivity contribution is -0.384. The summed E-state index contributed by atoms with van der Waals surface area (Å²) in [5, 5.41) is 14.0. The molecule has 0 saturated heterocycles. The van der Waals surface area contributed by atoms with Gasteiger partial charge in [-0.15, -0.1) is 0 Å². The van der Waals surface area contributed by atoms with Gasteiger partial charge in [0.2, 0.25) is 0 Å². The van der Waals surface area contributed by atoms with E-state index < -0.39 is 0 Å². The molecule has 2 aromatic carbocycles. The van der Waals surface area contributed by atoms with Gasteiger partial charge in [0.05, 0.1) is 4.92 Å². The van der Waals surface area contributed by atoms with Crippen molar-refractivity contribution in [1.82, 2.24) is 14.0 Å². The maximum atomic E-state index is 12.1. The molecule has 0 unspecified atom stereocenters. The van der Waals surface area contributed by atoms with Gasteiger partial charge in [0.15, 0.2) is 0 Å². The summed E-state index contributed by atoms with van der Waals surface area (Å²) in [6, 6.07) is 18.4. The third-order valence-corrected chi connectivity index (χ3v) is 5.85. The first-order valence-electron chi connectivity index (χ1n) is 11.4. The average molecular weight is 466 g/mol. The zero-order valence-electron chi connectivity index (χ0n) is 19.6. The van der Waals surface area contributed by atoms with E-state index in [9.17, 15) is 19.7 Å². The highest BCUT2D eigenvalue weighted by Gasteiger charge is 2.09. The minimum atomic E-state index is -0.384. The Labute approximate surface area is 198 Å². The van der Waals surface area contributed by atoms with Crippen LogP contribution in [0.4, 0.5) is 11.5 Å². The SMILES string of the molecule is Cn1c(NCCN(CCCCc2ccc([N+](=O)[O-])cc2)Cc2ccccc2)cc(=O)n(C)c1=O. The average Bonchev–Trinajstić information content (AvgIpc) is 2.84. The zero-order valence-corrected chi connectivity index (χ0v) is 19.6. The number of unbranched alkanes of at least 4 members (excludes halogenated alkanes) is 1. The number of hydrogen-bond acceptors (Lipinski definition) is 6. The molecule has 0 bridgehead atoms. The Kier molecular flexibility index (Phi) is 8.75. The van der Waals surface area contributed by atoms with E-state index in [0.717, 1.165) is 49.0 Å². The van der Waals surface area contributed by atoms with E-state index in [4.69, 9.17) is 0 Å². The largest absolute Gasteiger partial charge is 0.370 e. The summed E-state index contributed by atoms with van der Waals surface area (Å²) in [4.78, 5) is 36.9. The van der Waals surface area contributed by atoms with Crippen LogP contribution in [0.2, 0.25) is 0 Å². The van der Waals surface area contributed by atoms with Crippen LogP contribution in [0.15, 0.2) is 70.3 Å². The van der Waals surface area contributed by atoms with E-state index in [1.54, 1.807) is 19.2 Å². The van der Waals surface area contributed by atoms with E-state index in [-0.39, 0.29) is 21.9 Å². The highest BCUT2D eigenvalue weighted by Crippen LogP contribution is 2.14. The molecule has 0 aliphatic carbocycles. The van der Waals surface area contributed by atoms with Crippen LogP contribution < -0.4 is 16.6 Å². The molecular formula is C25H31N5O4. The molecule has 0 aliphatic rings. The van der Waals surface area contributed by atoms with Crippen molar-refractivity contribution in [3.63, 3.8) is 0 Å². The van der Waals surface area contributed by atoms with Gasteiger partial charge in [0.25, 0.3) is 11.2 Å². The summed E-state index contributed by atoms with van der Waals surface area (Å²) >= 11 is 0. The molecule has 0 atom stereocenters. The Hall–Kier alpha value is -3.72. The van der Waals surface area contributed by atoms with Gasteiger partial charge in [-0.1, -0.05) is 42.5 Å². The topological polar surface area (TPSA) is 102 Å². The molecular weight excluding hydrogens is 434 g/mol. The van der Waals surface area contributed by atoms with Crippen molar-refractivity contribution in [3.8, 4) is 0 Å². The minimum absolute atomic E-state index is 0.110. The van der Waals surface area contributed by atoms with Crippen LogP contribution in [0.25, 0.3) is 0 Å². The standard InChI is InChI=1S/C25H31N5O4/c1-27-23(18-24(31)28(2)25(27)32)26-15-17-29(19-21-9-4-3-5-10-21)16-7-6-8-20-11-13-22(14-12-20)30(33)34/h3-5,9-14,18,26H,6-8,15-17,19H2,1-2H3. The number of benzene rings is 2. The molecule has 0 aliphatic heterocycles. The molecule has 9 nitrogen and oxygen atoms in total. The van der Waals surface area contributed by atoms with Gasteiger partial charge < -0.3 is 5.32 Å². The van der Waals surface area contributed by atoms with E-state index in [1.807, 2.05) is 30.3 Å². The first kappa shape index (κ1) is 24.9. The Bertz CT molecular complexity index is 1200. The van der Waals surface area contributed by atoms with Crippen molar-refractivity contribution < 1.29 is 4.92 Å². The van der Waals surface area contributed by atoms with Crippen LogP contribution in [0.3, 0.4) is 0 Å². The monoisotopic (exact) mass is 465 g/mol. The molecule has 1 heterocycles. The molecule has 3 aromatic rings. The molecule has 0 amide bonds.